The smallest absolute Gasteiger partial charge is 0.240 e. The van der Waals surface area contributed by atoms with Gasteiger partial charge in [0.2, 0.25) is 5.91 Å². The Morgan fingerprint density at radius 2 is 2.03 bits per heavy atom. The Labute approximate surface area is 182 Å². The van der Waals surface area contributed by atoms with Crippen molar-refractivity contribution in [2.75, 3.05) is 24.6 Å². The van der Waals surface area contributed by atoms with E-state index in [2.05, 4.69) is 25.2 Å². The number of nitrogens with two attached hydrogens (primary N) is 1. The van der Waals surface area contributed by atoms with Gasteiger partial charge in [-0.3, -0.25) is 4.79 Å². The number of anilines is 1. The number of aromatic amines is 1. The number of aromatic nitrogens is 3. The molecule has 1 aromatic carbocycles. The number of piperidine rings is 1. The standard InChI is InChI=1S/C21H25ClN6O2.2H2/c22-15-3-1-14(2-4-15)17(6-12-29)27-20(30)21(23)7-10-28(11-8-21)19-16-5-9-24-18(16)25-13-26-19;;/h1-5,9,13,17,29H,6-8,10-12,23H2,(H,27,30)(H,24,25,26);2*1H/t17-;;/m0../s1. The molecule has 8 nitrogen and oxygen atoms in total. The lowest BCUT2D eigenvalue weighted by molar-refractivity contribution is -0.128. The third kappa shape index (κ3) is 4.12. The Morgan fingerprint density at radius 3 is 2.73 bits per heavy atom. The number of carbonyl (C=O) groups is 1. The average molecular weight is 433 g/mol. The molecule has 1 aliphatic heterocycles. The number of fused-ring (bicyclic) bond motifs is 1. The van der Waals surface area contributed by atoms with Crippen LogP contribution in [-0.2, 0) is 4.79 Å². The molecule has 5 N–H and O–H groups in total. The lowest BCUT2D eigenvalue weighted by Gasteiger charge is -2.39. The van der Waals surface area contributed by atoms with Gasteiger partial charge in [-0.25, -0.2) is 9.97 Å². The summed E-state index contributed by atoms with van der Waals surface area (Å²) in [7, 11) is 0. The minimum atomic E-state index is -0.971. The molecule has 0 spiro atoms. The quantitative estimate of drug-likeness (QED) is 0.475. The van der Waals surface area contributed by atoms with Gasteiger partial charge in [0.25, 0.3) is 0 Å². The number of rotatable bonds is 6. The number of hydrogen-bond donors (Lipinski definition) is 4. The average Bonchev–Trinajstić information content (AvgIpc) is 3.24. The van der Waals surface area contributed by atoms with Crippen LogP contribution in [0.15, 0.2) is 42.9 Å². The minimum Gasteiger partial charge on any atom is -0.396 e. The number of hydrogen-bond acceptors (Lipinski definition) is 6. The van der Waals surface area contributed by atoms with Crippen molar-refractivity contribution >= 4 is 34.4 Å². The molecule has 1 atom stereocenters. The molecular formula is C21H29ClN6O2. The zero-order valence-electron chi connectivity index (χ0n) is 16.5. The maximum Gasteiger partial charge on any atom is 0.240 e. The van der Waals surface area contributed by atoms with Crippen LogP contribution in [0.5, 0.6) is 0 Å². The molecule has 3 aromatic rings. The van der Waals surface area contributed by atoms with E-state index in [1.165, 1.54) is 6.33 Å². The summed E-state index contributed by atoms with van der Waals surface area (Å²) < 4.78 is 0. The van der Waals surface area contributed by atoms with E-state index in [1.807, 2.05) is 24.4 Å². The fourth-order valence-electron chi connectivity index (χ4n) is 3.90. The van der Waals surface area contributed by atoms with E-state index in [0.717, 1.165) is 22.4 Å². The van der Waals surface area contributed by atoms with Crippen molar-refractivity contribution in [2.45, 2.75) is 30.8 Å². The first-order valence-electron chi connectivity index (χ1n) is 9.99. The Bertz CT molecular complexity index is 1020. The number of benzene rings is 1. The number of nitrogens with zero attached hydrogens (tertiary/aromatic N) is 3. The lowest BCUT2D eigenvalue weighted by Crippen LogP contribution is -2.60. The van der Waals surface area contributed by atoms with Gasteiger partial charge in [0.1, 0.15) is 17.8 Å². The van der Waals surface area contributed by atoms with Gasteiger partial charge in [0, 0.05) is 33.8 Å². The minimum absolute atomic E-state index is 0. The summed E-state index contributed by atoms with van der Waals surface area (Å²) in [6, 6.07) is 8.88. The summed E-state index contributed by atoms with van der Waals surface area (Å²) >= 11 is 5.96. The monoisotopic (exact) mass is 432 g/mol. The van der Waals surface area contributed by atoms with Crippen LogP contribution in [0.25, 0.3) is 11.0 Å². The maximum absolute atomic E-state index is 13.1. The van der Waals surface area contributed by atoms with E-state index in [9.17, 15) is 9.90 Å². The van der Waals surface area contributed by atoms with Gasteiger partial charge in [-0.2, -0.15) is 0 Å². The highest BCUT2D eigenvalue weighted by Gasteiger charge is 2.39. The summed E-state index contributed by atoms with van der Waals surface area (Å²) in [6.45, 7) is 1.19. The van der Waals surface area contributed by atoms with E-state index >= 15 is 0 Å². The molecule has 0 aliphatic carbocycles. The molecule has 0 radical (unpaired) electrons. The molecule has 0 bridgehead atoms. The van der Waals surface area contributed by atoms with E-state index in [4.69, 9.17) is 17.3 Å². The Kier molecular flexibility index (Phi) is 5.90. The molecule has 1 fully saturated rings. The molecule has 3 heterocycles. The predicted molar refractivity (Wildman–Crippen MR) is 121 cm³/mol. The Hall–Kier alpha value is -2.68. The van der Waals surface area contributed by atoms with Gasteiger partial charge in [-0.05, 0) is 43.0 Å². The second-order valence-corrected chi connectivity index (χ2v) is 8.11. The number of amides is 1. The third-order valence-electron chi connectivity index (χ3n) is 5.74. The van der Waals surface area contributed by atoms with Crippen LogP contribution in [0.1, 0.15) is 33.7 Å². The normalized spacial score (nSPS) is 17.1. The van der Waals surface area contributed by atoms with Crippen LogP contribution in [0.2, 0.25) is 5.02 Å². The lowest BCUT2D eigenvalue weighted by atomic mass is 9.87. The molecule has 1 saturated heterocycles. The molecule has 162 valence electrons. The largest absolute Gasteiger partial charge is 0.396 e. The molecular weight excluding hydrogens is 404 g/mol. The molecule has 0 saturated carbocycles. The fraction of sp³-hybridized carbons (Fsp3) is 0.381. The number of carbonyl (C=O) groups excluding carboxylic acids is 1. The van der Waals surface area contributed by atoms with Gasteiger partial charge in [0.15, 0.2) is 0 Å². The van der Waals surface area contributed by atoms with Gasteiger partial charge in [-0.1, -0.05) is 23.7 Å². The van der Waals surface area contributed by atoms with Crippen molar-refractivity contribution < 1.29 is 12.8 Å². The van der Waals surface area contributed by atoms with E-state index in [1.54, 1.807) is 12.1 Å². The van der Waals surface area contributed by atoms with Crippen LogP contribution in [-0.4, -0.2) is 51.2 Å². The molecule has 1 amide bonds. The number of aliphatic hydroxyl groups is 1. The first kappa shape index (κ1) is 20.6. The van der Waals surface area contributed by atoms with Crippen molar-refractivity contribution in [3.8, 4) is 0 Å². The topological polar surface area (TPSA) is 120 Å². The van der Waals surface area contributed by atoms with Gasteiger partial charge in [-0.15, -0.1) is 0 Å². The van der Waals surface area contributed by atoms with E-state index in [-0.39, 0.29) is 21.4 Å². The molecule has 2 aromatic heterocycles. The summed E-state index contributed by atoms with van der Waals surface area (Å²) in [5, 5.41) is 14.0. The van der Waals surface area contributed by atoms with Crippen LogP contribution >= 0.6 is 11.6 Å². The van der Waals surface area contributed by atoms with E-state index in [0.29, 0.717) is 37.4 Å². The molecule has 0 unspecified atom stereocenters. The van der Waals surface area contributed by atoms with E-state index < -0.39 is 5.54 Å². The van der Waals surface area contributed by atoms with Crippen molar-refractivity contribution in [1.29, 1.82) is 0 Å². The van der Waals surface area contributed by atoms with Gasteiger partial charge in [0.05, 0.1) is 17.0 Å². The van der Waals surface area contributed by atoms with Gasteiger partial charge >= 0.3 is 0 Å². The zero-order valence-corrected chi connectivity index (χ0v) is 17.3. The maximum atomic E-state index is 13.1. The summed E-state index contributed by atoms with van der Waals surface area (Å²) in [5.41, 5.74) is 7.23. The Balaban J connectivity index is 0.00000181. The van der Waals surface area contributed by atoms with Crippen molar-refractivity contribution in [2.24, 2.45) is 5.73 Å². The number of aliphatic hydroxyl groups excluding tert-OH is 1. The SMILES string of the molecule is NC1(C(=O)N[C@@H](CCO)c2ccc(Cl)cc2)CCN(c2ncnc3[nH]ccc23)CC1.[HH].[HH]. The number of nitrogens with one attached hydrogen (secondary N) is 2. The van der Waals surface area contributed by atoms with Crippen LogP contribution in [0, 0.1) is 0 Å². The van der Waals surface area contributed by atoms with Crippen LogP contribution < -0.4 is 16.0 Å². The van der Waals surface area contributed by atoms with Crippen molar-refractivity contribution in [1.82, 2.24) is 20.3 Å². The summed E-state index contributed by atoms with van der Waals surface area (Å²) in [4.78, 5) is 27.0. The third-order valence-corrected chi connectivity index (χ3v) is 5.99. The number of H-pyrrole nitrogens is 1. The second-order valence-electron chi connectivity index (χ2n) is 7.67. The molecule has 4 rings (SSSR count). The highest BCUT2D eigenvalue weighted by atomic mass is 35.5. The molecule has 1 aliphatic rings. The second kappa shape index (κ2) is 8.59. The predicted octanol–water partition coefficient (Wildman–Crippen LogP) is 2.64. The summed E-state index contributed by atoms with van der Waals surface area (Å²) in [6.07, 6.45) is 4.78. The van der Waals surface area contributed by atoms with Crippen molar-refractivity contribution in [3.63, 3.8) is 0 Å². The first-order valence-corrected chi connectivity index (χ1v) is 10.4. The van der Waals surface area contributed by atoms with Crippen LogP contribution in [0.4, 0.5) is 5.82 Å². The molecule has 30 heavy (non-hydrogen) atoms. The van der Waals surface area contributed by atoms with Crippen LogP contribution in [0.3, 0.4) is 0 Å². The highest BCUT2D eigenvalue weighted by molar-refractivity contribution is 6.30. The summed E-state index contributed by atoms with van der Waals surface area (Å²) in [5.74, 6) is 0.646. The zero-order chi connectivity index (χ0) is 21.1. The Morgan fingerprint density at radius 1 is 1.30 bits per heavy atom. The number of halogens is 1. The molecule has 9 heteroatoms. The first-order chi connectivity index (χ1) is 14.5. The van der Waals surface area contributed by atoms with Crippen molar-refractivity contribution in [3.05, 3.63) is 53.4 Å². The van der Waals surface area contributed by atoms with Gasteiger partial charge < -0.3 is 26.0 Å². The fourth-order valence-corrected chi connectivity index (χ4v) is 4.03. The highest BCUT2D eigenvalue weighted by Crippen LogP contribution is 2.29.